The molecule has 2 aromatic rings. The fraction of sp³-hybridized carbons (Fsp3) is 0.556. The van der Waals surface area contributed by atoms with Gasteiger partial charge in [0.15, 0.2) is 5.69 Å². The number of amides is 3. The molecule has 0 saturated carbocycles. The van der Waals surface area contributed by atoms with Crippen molar-refractivity contribution in [1.82, 2.24) is 25.3 Å². The molecule has 0 saturated heterocycles. The summed E-state index contributed by atoms with van der Waals surface area (Å²) in [5.41, 5.74) is 2.32. The quantitative estimate of drug-likeness (QED) is 0.628. The Morgan fingerprint density at radius 1 is 1.22 bits per heavy atom. The average Bonchev–Trinajstić information content (AvgIpc) is 3.22. The van der Waals surface area contributed by atoms with Crippen LogP contribution in [0, 0.1) is 11.7 Å². The van der Waals surface area contributed by atoms with Crippen LogP contribution in [0.5, 0.6) is 0 Å². The number of benzene rings is 1. The Kier molecular flexibility index (Phi) is 8.84. The molecule has 3 amide bonds. The van der Waals surface area contributed by atoms with Gasteiger partial charge >= 0.3 is 0 Å². The summed E-state index contributed by atoms with van der Waals surface area (Å²) in [6.07, 6.45) is 4.25. The Hall–Kier alpha value is -2.94. The normalized spacial score (nSPS) is 19.2. The van der Waals surface area contributed by atoms with Crippen molar-refractivity contribution in [2.45, 2.75) is 71.4 Å². The standard InChI is InChI=1S/C27H35ClFN5O3/c1-17(2)10-14-34-23-9-7-19-16-21(23)25(32-34)26(36)30-11-4-13-33(12-3-5-24(35)31-19)27(37)20-15-18(28)6-8-22(20)29/h6,8,15,17,19H,3-5,7,9-14,16H2,1-2H3,(H,30,36)(H,31,35). The fourth-order valence-corrected chi connectivity index (χ4v) is 5.16. The van der Waals surface area contributed by atoms with Crippen LogP contribution in [-0.4, -0.2) is 58.1 Å². The van der Waals surface area contributed by atoms with Crippen LogP contribution in [-0.2, 0) is 24.2 Å². The highest BCUT2D eigenvalue weighted by molar-refractivity contribution is 6.31. The summed E-state index contributed by atoms with van der Waals surface area (Å²) in [6.45, 7) is 6.01. The maximum atomic E-state index is 14.4. The molecule has 1 aromatic heterocycles. The van der Waals surface area contributed by atoms with E-state index in [1.165, 1.54) is 23.1 Å². The molecule has 4 rings (SSSR count). The molecule has 1 aliphatic heterocycles. The van der Waals surface area contributed by atoms with Gasteiger partial charge in [-0.05, 0) is 62.6 Å². The molecule has 0 spiro atoms. The maximum absolute atomic E-state index is 14.4. The summed E-state index contributed by atoms with van der Waals surface area (Å²) in [7, 11) is 0. The first kappa shape index (κ1) is 27.1. The zero-order valence-electron chi connectivity index (χ0n) is 21.5. The summed E-state index contributed by atoms with van der Waals surface area (Å²) in [6, 6.07) is 3.81. The summed E-state index contributed by atoms with van der Waals surface area (Å²) < 4.78 is 16.3. The minimum atomic E-state index is -0.644. The number of rotatable bonds is 4. The molecular formula is C27H35ClFN5O3. The number of aryl methyl sites for hydroxylation is 1. The third-order valence-corrected chi connectivity index (χ3v) is 7.25. The van der Waals surface area contributed by atoms with Gasteiger partial charge in [-0.3, -0.25) is 19.1 Å². The van der Waals surface area contributed by atoms with E-state index in [0.29, 0.717) is 50.5 Å². The van der Waals surface area contributed by atoms with Crippen LogP contribution in [0.2, 0.25) is 5.02 Å². The monoisotopic (exact) mass is 531 g/mol. The smallest absolute Gasteiger partial charge is 0.272 e. The van der Waals surface area contributed by atoms with Gasteiger partial charge in [0.2, 0.25) is 5.91 Å². The van der Waals surface area contributed by atoms with Gasteiger partial charge in [-0.25, -0.2) is 4.39 Å². The van der Waals surface area contributed by atoms with Crippen molar-refractivity contribution in [2.24, 2.45) is 5.92 Å². The van der Waals surface area contributed by atoms with Crippen LogP contribution in [0.4, 0.5) is 4.39 Å². The lowest BCUT2D eigenvalue weighted by Crippen LogP contribution is -2.40. The van der Waals surface area contributed by atoms with E-state index in [1.807, 2.05) is 4.68 Å². The van der Waals surface area contributed by atoms with E-state index in [0.717, 1.165) is 37.1 Å². The van der Waals surface area contributed by atoms with Gasteiger partial charge in [0.05, 0.1) is 5.56 Å². The van der Waals surface area contributed by atoms with Crippen LogP contribution >= 0.6 is 11.6 Å². The van der Waals surface area contributed by atoms with Gasteiger partial charge in [-0.15, -0.1) is 0 Å². The second kappa shape index (κ2) is 12.1. The summed E-state index contributed by atoms with van der Waals surface area (Å²) >= 11 is 5.99. The minimum Gasteiger partial charge on any atom is -0.353 e. The van der Waals surface area contributed by atoms with E-state index in [4.69, 9.17) is 11.6 Å². The van der Waals surface area contributed by atoms with Crippen molar-refractivity contribution in [3.8, 4) is 0 Å². The van der Waals surface area contributed by atoms with Crippen LogP contribution < -0.4 is 10.6 Å². The van der Waals surface area contributed by atoms with Gasteiger partial charge in [-0.1, -0.05) is 25.4 Å². The summed E-state index contributed by atoms with van der Waals surface area (Å²) in [5, 5.41) is 11.0. The zero-order chi connectivity index (χ0) is 26.5. The van der Waals surface area contributed by atoms with Gasteiger partial charge < -0.3 is 15.5 Å². The van der Waals surface area contributed by atoms with Crippen molar-refractivity contribution in [3.63, 3.8) is 0 Å². The van der Waals surface area contributed by atoms with Crippen molar-refractivity contribution >= 4 is 29.3 Å². The minimum absolute atomic E-state index is 0.0716. The summed E-state index contributed by atoms with van der Waals surface area (Å²) in [5.74, 6) is -0.955. The van der Waals surface area contributed by atoms with Gasteiger partial charge in [-0.2, -0.15) is 5.10 Å². The first-order chi connectivity index (χ1) is 17.7. The molecule has 8 nitrogen and oxygen atoms in total. The zero-order valence-corrected chi connectivity index (χ0v) is 22.2. The third kappa shape index (κ3) is 6.69. The second-order valence-corrected chi connectivity index (χ2v) is 10.8. The van der Waals surface area contributed by atoms with E-state index in [9.17, 15) is 18.8 Å². The molecule has 2 aliphatic rings. The number of fused-ring (bicyclic) bond motifs is 1. The highest BCUT2D eigenvalue weighted by Gasteiger charge is 2.30. The number of hydrogen-bond acceptors (Lipinski definition) is 4. The fourth-order valence-electron chi connectivity index (χ4n) is 4.99. The predicted octanol–water partition coefficient (Wildman–Crippen LogP) is 3.75. The number of carbonyl (C=O) groups excluding carboxylic acids is 3. The number of aromatic nitrogens is 2. The van der Waals surface area contributed by atoms with Crippen LogP contribution in [0.15, 0.2) is 18.2 Å². The molecular weight excluding hydrogens is 497 g/mol. The van der Waals surface area contributed by atoms with E-state index in [-0.39, 0.29) is 34.9 Å². The van der Waals surface area contributed by atoms with Crippen LogP contribution in [0.1, 0.15) is 78.1 Å². The predicted molar refractivity (Wildman–Crippen MR) is 139 cm³/mol. The third-order valence-electron chi connectivity index (χ3n) is 7.01. The summed E-state index contributed by atoms with van der Waals surface area (Å²) in [4.78, 5) is 40.5. The van der Waals surface area contributed by atoms with Crippen molar-refractivity contribution < 1.29 is 18.8 Å². The highest BCUT2D eigenvalue weighted by Crippen LogP contribution is 2.26. The number of nitrogens with one attached hydrogen (secondary N) is 2. The number of carbonyl (C=O) groups is 3. The Morgan fingerprint density at radius 3 is 2.78 bits per heavy atom. The lowest BCUT2D eigenvalue weighted by molar-refractivity contribution is -0.122. The molecule has 1 aromatic carbocycles. The molecule has 1 atom stereocenters. The van der Waals surface area contributed by atoms with E-state index >= 15 is 0 Å². The number of nitrogens with zero attached hydrogens (tertiary/aromatic N) is 3. The SMILES string of the molecule is CC(C)CCn1nc2c3c1CCC(C3)NC(=O)CCCN(C(=O)c1cc(Cl)ccc1F)CCCNC2=O. The van der Waals surface area contributed by atoms with Gasteiger partial charge in [0.1, 0.15) is 5.82 Å². The van der Waals surface area contributed by atoms with E-state index < -0.39 is 11.7 Å². The second-order valence-electron chi connectivity index (χ2n) is 10.3. The lowest BCUT2D eigenvalue weighted by Gasteiger charge is -2.25. The van der Waals surface area contributed by atoms with E-state index in [1.54, 1.807) is 0 Å². The number of hydrogen-bond donors (Lipinski definition) is 2. The lowest BCUT2D eigenvalue weighted by atomic mass is 9.91. The Bertz CT molecular complexity index is 1170. The maximum Gasteiger partial charge on any atom is 0.272 e. The van der Waals surface area contributed by atoms with Crippen LogP contribution in [0.3, 0.4) is 0 Å². The molecule has 2 bridgehead atoms. The Labute approximate surface area is 221 Å². The van der Waals surface area contributed by atoms with Crippen LogP contribution in [0.25, 0.3) is 0 Å². The Balaban J connectivity index is 1.53. The van der Waals surface area contributed by atoms with Crippen molar-refractivity contribution in [3.05, 3.63) is 51.6 Å². The highest BCUT2D eigenvalue weighted by atomic mass is 35.5. The molecule has 0 fully saturated rings. The topological polar surface area (TPSA) is 96.3 Å². The molecule has 1 unspecified atom stereocenters. The largest absolute Gasteiger partial charge is 0.353 e. The molecule has 37 heavy (non-hydrogen) atoms. The van der Waals surface area contributed by atoms with Gasteiger partial charge in [0.25, 0.3) is 11.8 Å². The number of halogens is 2. The first-order valence-electron chi connectivity index (χ1n) is 13.1. The molecule has 10 heteroatoms. The molecule has 200 valence electrons. The van der Waals surface area contributed by atoms with Gasteiger partial charge in [0, 0.05) is 54.9 Å². The molecule has 0 radical (unpaired) electrons. The Morgan fingerprint density at radius 2 is 2.00 bits per heavy atom. The molecule has 2 N–H and O–H groups in total. The molecule has 2 heterocycles. The van der Waals surface area contributed by atoms with Crippen molar-refractivity contribution in [1.29, 1.82) is 0 Å². The molecule has 1 aliphatic carbocycles. The average molecular weight is 532 g/mol. The van der Waals surface area contributed by atoms with E-state index in [2.05, 4.69) is 29.6 Å². The first-order valence-corrected chi connectivity index (χ1v) is 13.5. The van der Waals surface area contributed by atoms with Crippen molar-refractivity contribution in [2.75, 3.05) is 19.6 Å².